The van der Waals surface area contributed by atoms with Crippen LogP contribution in [0.5, 0.6) is 0 Å². The van der Waals surface area contributed by atoms with Crippen molar-refractivity contribution in [2.45, 2.75) is 33.4 Å². The molecule has 0 spiro atoms. The Morgan fingerprint density at radius 2 is 2.10 bits per heavy atom. The van der Waals surface area contributed by atoms with Crippen LogP contribution in [0.1, 0.15) is 46.0 Å². The van der Waals surface area contributed by atoms with Gasteiger partial charge in [-0.15, -0.1) is 0 Å². The molecule has 2 N–H and O–H groups in total. The number of rotatable bonds is 5. The molecule has 2 aromatic rings. The van der Waals surface area contributed by atoms with E-state index in [1.54, 1.807) is 13.0 Å². The highest BCUT2D eigenvalue weighted by Gasteiger charge is 2.14. The molecule has 0 aliphatic heterocycles. The first-order valence-electron chi connectivity index (χ1n) is 6.60. The summed E-state index contributed by atoms with van der Waals surface area (Å²) in [5.74, 6) is -0.370. The first-order valence-corrected chi connectivity index (χ1v) is 6.60. The topological polar surface area (TPSA) is 62.5 Å². The molecule has 0 amide bonds. The van der Waals surface area contributed by atoms with Gasteiger partial charge in [0.1, 0.15) is 5.76 Å². The maximum atomic E-state index is 10.9. The molecule has 1 aromatic heterocycles. The predicted molar refractivity (Wildman–Crippen MR) is 76.8 cm³/mol. The van der Waals surface area contributed by atoms with Crippen LogP contribution in [0.2, 0.25) is 0 Å². The van der Waals surface area contributed by atoms with Crippen LogP contribution in [0.4, 0.5) is 0 Å². The summed E-state index contributed by atoms with van der Waals surface area (Å²) in [5.41, 5.74) is 3.07. The molecule has 0 fully saturated rings. The number of furan rings is 1. The lowest BCUT2D eigenvalue weighted by molar-refractivity contribution is 0.0659. The second-order valence-corrected chi connectivity index (χ2v) is 5.05. The zero-order valence-electron chi connectivity index (χ0n) is 11.9. The van der Waals surface area contributed by atoms with Gasteiger partial charge in [0, 0.05) is 11.6 Å². The molecule has 20 heavy (non-hydrogen) atoms. The first-order chi connectivity index (χ1) is 9.47. The van der Waals surface area contributed by atoms with Gasteiger partial charge in [0.15, 0.2) is 0 Å². The third-order valence-electron chi connectivity index (χ3n) is 3.29. The van der Waals surface area contributed by atoms with Gasteiger partial charge in [0.25, 0.3) is 0 Å². The number of carboxylic acids is 1. The highest BCUT2D eigenvalue weighted by atomic mass is 16.4. The van der Waals surface area contributed by atoms with Gasteiger partial charge < -0.3 is 14.8 Å². The van der Waals surface area contributed by atoms with Gasteiger partial charge in [0.05, 0.1) is 6.54 Å². The van der Waals surface area contributed by atoms with Crippen LogP contribution in [0.25, 0.3) is 0 Å². The Labute approximate surface area is 118 Å². The minimum atomic E-state index is -1.03. The minimum Gasteiger partial charge on any atom is -0.475 e. The predicted octanol–water partition coefficient (Wildman–Crippen LogP) is 3.45. The minimum absolute atomic E-state index is 0.0185. The van der Waals surface area contributed by atoms with Crippen molar-refractivity contribution in [3.05, 3.63) is 58.5 Å². The molecule has 1 heterocycles. The number of aryl methyl sites for hydroxylation is 2. The molecule has 2 rings (SSSR count). The normalized spacial score (nSPS) is 12.3. The summed E-state index contributed by atoms with van der Waals surface area (Å²) >= 11 is 0. The molecular formula is C16H19NO3. The lowest BCUT2D eigenvalue weighted by Gasteiger charge is -2.13. The monoisotopic (exact) mass is 273 g/mol. The van der Waals surface area contributed by atoms with Crippen molar-refractivity contribution in [2.24, 2.45) is 0 Å². The fourth-order valence-corrected chi connectivity index (χ4v) is 2.16. The second-order valence-electron chi connectivity index (χ2n) is 5.05. The van der Waals surface area contributed by atoms with Crippen LogP contribution < -0.4 is 5.32 Å². The van der Waals surface area contributed by atoms with Gasteiger partial charge in [-0.2, -0.15) is 0 Å². The highest BCUT2D eigenvalue weighted by molar-refractivity contribution is 5.86. The van der Waals surface area contributed by atoms with Gasteiger partial charge in [-0.1, -0.05) is 29.8 Å². The van der Waals surface area contributed by atoms with Gasteiger partial charge >= 0.3 is 5.97 Å². The van der Waals surface area contributed by atoms with Crippen LogP contribution in [-0.4, -0.2) is 11.1 Å². The average molecular weight is 273 g/mol. The Hall–Kier alpha value is -2.07. The van der Waals surface area contributed by atoms with Crippen molar-refractivity contribution >= 4 is 5.97 Å². The van der Waals surface area contributed by atoms with Crippen molar-refractivity contribution in [3.8, 4) is 0 Å². The SMILES string of the molecule is Cc1cccc([C@@H](C)NCc2cc(C)c(C(=O)O)o2)c1. The van der Waals surface area contributed by atoms with Crippen LogP contribution in [0.3, 0.4) is 0 Å². The molecule has 0 saturated heterocycles. The van der Waals surface area contributed by atoms with E-state index in [2.05, 4.69) is 37.4 Å². The van der Waals surface area contributed by atoms with E-state index in [1.807, 2.05) is 6.07 Å². The summed E-state index contributed by atoms with van der Waals surface area (Å²) in [6, 6.07) is 10.2. The van der Waals surface area contributed by atoms with Crippen LogP contribution in [-0.2, 0) is 6.54 Å². The molecule has 0 bridgehead atoms. The van der Waals surface area contributed by atoms with E-state index >= 15 is 0 Å². The summed E-state index contributed by atoms with van der Waals surface area (Å²) in [6.07, 6.45) is 0. The fourth-order valence-electron chi connectivity index (χ4n) is 2.16. The van der Waals surface area contributed by atoms with E-state index in [1.165, 1.54) is 11.1 Å². The number of nitrogens with one attached hydrogen (secondary N) is 1. The quantitative estimate of drug-likeness (QED) is 0.876. The smallest absolute Gasteiger partial charge is 0.372 e. The number of hydrogen-bond acceptors (Lipinski definition) is 3. The lowest BCUT2D eigenvalue weighted by atomic mass is 10.1. The third kappa shape index (κ3) is 3.27. The Morgan fingerprint density at radius 1 is 1.35 bits per heavy atom. The van der Waals surface area contributed by atoms with Crippen LogP contribution in [0, 0.1) is 13.8 Å². The Morgan fingerprint density at radius 3 is 2.70 bits per heavy atom. The zero-order valence-corrected chi connectivity index (χ0v) is 11.9. The molecule has 0 aliphatic carbocycles. The number of carboxylic acid groups (broad SMARTS) is 1. The van der Waals surface area contributed by atoms with Crippen molar-refractivity contribution in [2.75, 3.05) is 0 Å². The van der Waals surface area contributed by atoms with E-state index < -0.39 is 5.97 Å². The largest absolute Gasteiger partial charge is 0.475 e. The van der Waals surface area contributed by atoms with Crippen molar-refractivity contribution < 1.29 is 14.3 Å². The van der Waals surface area contributed by atoms with Crippen LogP contribution in [0.15, 0.2) is 34.7 Å². The summed E-state index contributed by atoms with van der Waals surface area (Å²) in [6.45, 7) is 6.37. The van der Waals surface area contributed by atoms with E-state index in [0.29, 0.717) is 17.9 Å². The van der Waals surface area contributed by atoms with Crippen molar-refractivity contribution in [3.63, 3.8) is 0 Å². The molecule has 4 heteroatoms. The maximum absolute atomic E-state index is 10.9. The van der Waals surface area contributed by atoms with Gasteiger partial charge in [-0.25, -0.2) is 4.79 Å². The van der Waals surface area contributed by atoms with Gasteiger partial charge in [-0.3, -0.25) is 0 Å². The van der Waals surface area contributed by atoms with Crippen LogP contribution >= 0.6 is 0 Å². The highest BCUT2D eigenvalue weighted by Crippen LogP contribution is 2.17. The van der Waals surface area contributed by atoms with Gasteiger partial charge in [0.2, 0.25) is 5.76 Å². The summed E-state index contributed by atoms with van der Waals surface area (Å²) in [5, 5.41) is 12.3. The summed E-state index contributed by atoms with van der Waals surface area (Å²) in [4.78, 5) is 10.9. The standard InChI is InChI=1S/C16H19NO3/c1-10-5-4-6-13(7-10)12(3)17-9-14-8-11(2)15(20-14)16(18)19/h4-8,12,17H,9H2,1-3H3,(H,18,19)/t12-/m1/s1. The molecule has 0 aliphatic rings. The molecule has 0 saturated carbocycles. The molecule has 1 aromatic carbocycles. The number of carbonyl (C=O) groups is 1. The Bertz CT molecular complexity index is 616. The first kappa shape index (κ1) is 14.3. The molecule has 0 unspecified atom stereocenters. The Balaban J connectivity index is 2.01. The molecule has 0 radical (unpaired) electrons. The molecule has 4 nitrogen and oxygen atoms in total. The van der Waals surface area contributed by atoms with Crippen molar-refractivity contribution in [1.29, 1.82) is 0 Å². The van der Waals surface area contributed by atoms with E-state index in [4.69, 9.17) is 9.52 Å². The van der Waals surface area contributed by atoms with E-state index in [-0.39, 0.29) is 11.8 Å². The third-order valence-corrected chi connectivity index (χ3v) is 3.29. The molecule has 106 valence electrons. The summed E-state index contributed by atoms with van der Waals surface area (Å²) in [7, 11) is 0. The average Bonchev–Trinajstić information content (AvgIpc) is 2.77. The summed E-state index contributed by atoms with van der Waals surface area (Å²) < 4.78 is 5.32. The zero-order chi connectivity index (χ0) is 14.7. The van der Waals surface area contributed by atoms with E-state index in [9.17, 15) is 4.79 Å². The Kier molecular flexibility index (Phi) is 4.25. The maximum Gasteiger partial charge on any atom is 0.372 e. The fraction of sp³-hybridized carbons (Fsp3) is 0.312. The number of aromatic carboxylic acids is 1. The lowest BCUT2D eigenvalue weighted by Crippen LogP contribution is -2.17. The number of benzene rings is 1. The van der Waals surface area contributed by atoms with Gasteiger partial charge in [-0.05, 0) is 32.4 Å². The number of hydrogen-bond donors (Lipinski definition) is 2. The van der Waals surface area contributed by atoms with Crippen molar-refractivity contribution in [1.82, 2.24) is 5.32 Å². The molecular weight excluding hydrogens is 254 g/mol. The second kappa shape index (κ2) is 5.92. The van der Waals surface area contributed by atoms with E-state index in [0.717, 1.165) is 0 Å². The molecule has 1 atom stereocenters.